The van der Waals surface area contributed by atoms with Crippen LogP contribution in [0.4, 0.5) is 0 Å². The number of rotatable bonds is 5. The Labute approximate surface area is 93.0 Å². The maximum atomic E-state index is 9.78. The SMILES string of the molecule is COc1ccc(OC)c([C@@H](O)CN=[N+]=[N-])c1. The second-order valence-corrected chi connectivity index (χ2v) is 3.04. The summed E-state index contributed by atoms with van der Waals surface area (Å²) in [6.07, 6.45) is -0.902. The third-order valence-electron chi connectivity index (χ3n) is 2.11. The quantitative estimate of drug-likeness (QED) is 0.470. The lowest BCUT2D eigenvalue weighted by Gasteiger charge is -2.14. The van der Waals surface area contributed by atoms with E-state index in [9.17, 15) is 5.11 Å². The zero-order valence-electron chi connectivity index (χ0n) is 9.12. The minimum absolute atomic E-state index is 0.0416. The molecule has 0 radical (unpaired) electrons. The molecule has 0 aliphatic heterocycles. The van der Waals surface area contributed by atoms with Gasteiger partial charge in [-0.1, -0.05) is 5.11 Å². The van der Waals surface area contributed by atoms with Crippen molar-refractivity contribution in [3.05, 3.63) is 34.2 Å². The minimum atomic E-state index is -0.902. The van der Waals surface area contributed by atoms with Gasteiger partial charge >= 0.3 is 0 Å². The van der Waals surface area contributed by atoms with Gasteiger partial charge in [0.25, 0.3) is 0 Å². The van der Waals surface area contributed by atoms with Crippen LogP contribution in [0.5, 0.6) is 11.5 Å². The Morgan fingerprint density at radius 3 is 2.75 bits per heavy atom. The van der Waals surface area contributed by atoms with Crippen molar-refractivity contribution >= 4 is 0 Å². The molecule has 6 nitrogen and oxygen atoms in total. The maximum Gasteiger partial charge on any atom is 0.124 e. The Balaban J connectivity index is 3.02. The van der Waals surface area contributed by atoms with Crippen LogP contribution in [0.1, 0.15) is 11.7 Å². The summed E-state index contributed by atoms with van der Waals surface area (Å²) in [5.74, 6) is 1.14. The van der Waals surface area contributed by atoms with E-state index in [0.717, 1.165) is 0 Å². The molecule has 0 fully saturated rings. The average Bonchev–Trinajstić information content (AvgIpc) is 2.35. The molecule has 1 aromatic carbocycles. The first-order valence-corrected chi connectivity index (χ1v) is 4.63. The van der Waals surface area contributed by atoms with Crippen LogP contribution in [0.2, 0.25) is 0 Å². The van der Waals surface area contributed by atoms with Gasteiger partial charge in [0.15, 0.2) is 0 Å². The lowest BCUT2D eigenvalue weighted by molar-refractivity contribution is 0.181. The van der Waals surface area contributed by atoms with Gasteiger partial charge < -0.3 is 14.6 Å². The number of ether oxygens (including phenoxy) is 2. The second kappa shape index (κ2) is 5.85. The summed E-state index contributed by atoms with van der Waals surface area (Å²) in [4.78, 5) is 2.59. The molecule has 1 rings (SSSR count). The molecule has 1 atom stereocenters. The van der Waals surface area contributed by atoms with Gasteiger partial charge in [-0.15, -0.1) is 0 Å². The molecular formula is C10H13N3O3. The predicted molar refractivity (Wildman–Crippen MR) is 58.5 cm³/mol. The van der Waals surface area contributed by atoms with E-state index in [2.05, 4.69) is 10.0 Å². The van der Waals surface area contributed by atoms with Crippen molar-refractivity contribution in [3.63, 3.8) is 0 Å². The van der Waals surface area contributed by atoms with Gasteiger partial charge in [-0.05, 0) is 23.7 Å². The molecule has 0 aliphatic carbocycles. The molecule has 0 aromatic heterocycles. The number of azide groups is 1. The van der Waals surface area contributed by atoms with Gasteiger partial charge in [-0.3, -0.25) is 0 Å². The smallest absolute Gasteiger partial charge is 0.124 e. The van der Waals surface area contributed by atoms with Gasteiger partial charge in [-0.2, -0.15) is 0 Å². The summed E-state index contributed by atoms with van der Waals surface area (Å²) in [6.45, 7) is -0.0416. The van der Waals surface area contributed by atoms with Crippen LogP contribution in [-0.2, 0) is 0 Å². The van der Waals surface area contributed by atoms with Crippen molar-refractivity contribution in [1.29, 1.82) is 0 Å². The van der Waals surface area contributed by atoms with Crippen molar-refractivity contribution in [1.82, 2.24) is 0 Å². The van der Waals surface area contributed by atoms with Gasteiger partial charge in [0.1, 0.15) is 11.5 Å². The first kappa shape index (κ1) is 12.2. The molecule has 6 heteroatoms. The zero-order valence-corrected chi connectivity index (χ0v) is 9.12. The molecule has 1 N–H and O–H groups in total. The normalized spacial score (nSPS) is 11.4. The summed E-state index contributed by atoms with van der Waals surface area (Å²) in [7, 11) is 3.04. The molecular weight excluding hydrogens is 210 g/mol. The van der Waals surface area contributed by atoms with Gasteiger partial charge in [0.2, 0.25) is 0 Å². The number of benzene rings is 1. The summed E-state index contributed by atoms with van der Waals surface area (Å²) >= 11 is 0. The van der Waals surface area contributed by atoms with E-state index in [1.54, 1.807) is 18.2 Å². The van der Waals surface area contributed by atoms with E-state index < -0.39 is 6.10 Å². The Bertz CT molecular complexity index is 402. The van der Waals surface area contributed by atoms with Gasteiger partial charge in [-0.25, -0.2) is 0 Å². The van der Waals surface area contributed by atoms with E-state index in [4.69, 9.17) is 15.0 Å². The fourth-order valence-electron chi connectivity index (χ4n) is 1.31. The van der Waals surface area contributed by atoms with Gasteiger partial charge in [0.05, 0.1) is 26.9 Å². The fourth-order valence-corrected chi connectivity index (χ4v) is 1.31. The minimum Gasteiger partial charge on any atom is -0.497 e. The zero-order chi connectivity index (χ0) is 12.0. The fraction of sp³-hybridized carbons (Fsp3) is 0.400. The standard InChI is InChI=1S/C10H13N3O3/c1-15-7-3-4-10(16-2)8(5-7)9(14)6-12-13-11/h3-5,9,14H,6H2,1-2H3/t9-/m0/s1. The molecule has 0 heterocycles. The van der Waals surface area contributed by atoms with E-state index >= 15 is 0 Å². The van der Waals surface area contributed by atoms with Crippen LogP contribution in [0.15, 0.2) is 23.3 Å². The van der Waals surface area contributed by atoms with Crippen LogP contribution in [0.3, 0.4) is 0 Å². The van der Waals surface area contributed by atoms with Crippen LogP contribution >= 0.6 is 0 Å². The van der Waals surface area contributed by atoms with Crippen LogP contribution < -0.4 is 9.47 Å². The highest BCUT2D eigenvalue weighted by molar-refractivity contribution is 5.41. The molecule has 0 bridgehead atoms. The Morgan fingerprint density at radius 2 is 2.19 bits per heavy atom. The first-order chi connectivity index (χ1) is 7.72. The maximum absolute atomic E-state index is 9.78. The van der Waals surface area contributed by atoms with E-state index in [0.29, 0.717) is 17.1 Å². The molecule has 0 saturated carbocycles. The van der Waals surface area contributed by atoms with Crippen LogP contribution in [0, 0.1) is 0 Å². The summed E-state index contributed by atoms with van der Waals surface area (Å²) in [6, 6.07) is 5.06. The highest BCUT2D eigenvalue weighted by atomic mass is 16.5. The molecule has 0 aliphatic rings. The summed E-state index contributed by atoms with van der Waals surface area (Å²) in [5, 5.41) is 13.1. The predicted octanol–water partition coefficient (Wildman–Crippen LogP) is 2.05. The van der Waals surface area contributed by atoms with E-state index in [-0.39, 0.29) is 6.54 Å². The van der Waals surface area contributed by atoms with Crippen molar-refractivity contribution in [2.45, 2.75) is 6.10 Å². The molecule has 0 unspecified atom stereocenters. The van der Waals surface area contributed by atoms with E-state index in [1.807, 2.05) is 0 Å². The number of hydrogen-bond donors (Lipinski definition) is 1. The molecule has 0 amide bonds. The molecule has 0 saturated heterocycles. The average molecular weight is 223 g/mol. The van der Waals surface area contributed by atoms with Crippen molar-refractivity contribution in [2.75, 3.05) is 20.8 Å². The number of nitrogens with zero attached hydrogens (tertiary/aromatic N) is 3. The molecule has 0 spiro atoms. The highest BCUT2D eigenvalue weighted by Crippen LogP contribution is 2.29. The van der Waals surface area contributed by atoms with Gasteiger partial charge in [0, 0.05) is 10.5 Å². The number of aliphatic hydroxyl groups is 1. The third kappa shape index (κ3) is 2.79. The lowest BCUT2D eigenvalue weighted by atomic mass is 10.1. The molecule has 16 heavy (non-hydrogen) atoms. The third-order valence-corrected chi connectivity index (χ3v) is 2.11. The highest BCUT2D eigenvalue weighted by Gasteiger charge is 2.13. The lowest BCUT2D eigenvalue weighted by Crippen LogP contribution is -2.04. The largest absolute Gasteiger partial charge is 0.497 e. The van der Waals surface area contributed by atoms with Crippen molar-refractivity contribution in [2.24, 2.45) is 5.11 Å². The van der Waals surface area contributed by atoms with Crippen LogP contribution in [0.25, 0.3) is 10.4 Å². The van der Waals surface area contributed by atoms with Crippen molar-refractivity contribution in [3.8, 4) is 11.5 Å². The molecule has 1 aromatic rings. The number of aliphatic hydroxyl groups excluding tert-OH is 1. The topological polar surface area (TPSA) is 87.5 Å². The van der Waals surface area contributed by atoms with Crippen molar-refractivity contribution < 1.29 is 14.6 Å². The number of methoxy groups -OCH3 is 2. The number of hydrogen-bond acceptors (Lipinski definition) is 4. The van der Waals surface area contributed by atoms with Crippen LogP contribution in [-0.4, -0.2) is 25.9 Å². The Hall–Kier alpha value is -1.91. The first-order valence-electron chi connectivity index (χ1n) is 4.63. The van der Waals surface area contributed by atoms with E-state index in [1.165, 1.54) is 14.2 Å². The summed E-state index contributed by atoms with van der Waals surface area (Å²) in [5.41, 5.74) is 8.72. The molecule has 86 valence electrons. The Morgan fingerprint density at radius 1 is 1.44 bits per heavy atom. The summed E-state index contributed by atoms with van der Waals surface area (Å²) < 4.78 is 10.1. The Kier molecular flexibility index (Phi) is 4.44. The monoisotopic (exact) mass is 223 g/mol. The second-order valence-electron chi connectivity index (χ2n) is 3.04.